The number of ether oxygens (including phenoxy) is 1. The second kappa shape index (κ2) is 10.8. The molecule has 0 spiro atoms. The molecule has 6 nitrogen and oxygen atoms in total. The van der Waals surface area contributed by atoms with E-state index in [1.807, 2.05) is 38.1 Å². The summed E-state index contributed by atoms with van der Waals surface area (Å²) in [7, 11) is 0. The monoisotopic (exact) mass is 532 g/mol. The highest BCUT2D eigenvalue weighted by atomic mass is 35.5. The van der Waals surface area contributed by atoms with Gasteiger partial charge in [-0.15, -0.1) is 0 Å². The lowest BCUT2D eigenvalue weighted by Crippen LogP contribution is -2.39. The Morgan fingerprint density at radius 3 is 2.24 bits per heavy atom. The van der Waals surface area contributed by atoms with Crippen LogP contribution in [-0.4, -0.2) is 35.5 Å². The van der Waals surface area contributed by atoms with E-state index >= 15 is 0 Å². The van der Waals surface area contributed by atoms with E-state index in [1.54, 1.807) is 12.1 Å². The van der Waals surface area contributed by atoms with Crippen molar-refractivity contribution in [3.05, 3.63) is 80.7 Å². The van der Waals surface area contributed by atoms with E-state index in [0.717, 1.165) is 77.1 Å². The summed E-state index contributed by atoms with van der Waals surface area (Å²) >= 11 is 6.65. The third-order valence-electron chi connectivity index (χ3n) is 7.72. The number of nitrogens with zero attached hydrogens (tertiary/aromatic N) is 1. The van der Waals surface area contributed by atoms with Gasteiger partial charge in [0.1, 0.15) is 5.75 Å². The number of ketones is 2. The Kier molecular flexibility index (Phi) is 7.44. The minimum Gasteiger partial charge on any atom is -0.482 e. The van der Waals surface area contributed by atoms with Crippen molar-refractivity contribution in [2.24, 2.45) is 0 Å². The number of carbonyl (C=O) groups is 3. The van der Waals surface area contributed by atoms with E-state index in [-0.39, 0.29) is 24.1 Å². The fourth-order valence-electron chi connectivity index (χ4n) is 5.95. The standard InChI is InChI=1S/C31H33ClN2O4/c1-4-34-23-7-5-9-25(35)30(23)29(31-24(34)8-6-10-26(31)36)20-13-14-27(21(32)16-20)38-17-28(37)33-22-15-18(2)11-12-19(22)3/h11-16,29H,4-10,17H2,1-3H3,(H,33,37). The van der Waals surface area contributed by atoms with Crippen molar-refractivity contribution in [3.63, 3.8) is 0 Å². The Morgan fingerprint density at radius 1 is 0.974 bits per heavy atom. The molecule has 2 aromatic rings. The zero-order valence-corrected chi connectivity index (χ0v) is 22.9. The summed E-state index contributed by atoms with van der Waals surface area (Å²) in [4.78, 5) is 41.3. The first-order chi connectivity index (χ1) is 18.3. The maximum absolute atomic E-state index is 13.3. The molecule has 198 valence electrons. The lowest BCUT2D eigenvalue weighted by molar-refractivity contribution is -0.118. The van der Waals surface area contributed by atoms with Gasteiger partial charge in [0.15, 0.2) is 18.2 Å². The fraction of sp³-hybridized carbons (Fsp3) is 0.387. The molecule has 0 unspecified atom stereocenters. The van der Waals surface area contributed by atoms with E-state index < -0.39 is 5.92 Å². The predicted molar refractivity (Wildman–Crippen MR) is 148 cm³/mol. The summed E-state index contributed by atoms with van der Waals surface area (Å²) < 4.78 is 5.76. The van der Waals surface area contributed by atoms with Crippen LogP contribution in [0.3, 0.4) is 0 Å². The third kappa shape index (κ3) is 4.90. The van der Waals surface area contributed by atoms with Gasteiger partial charge in [-0.3, -0.25) is 14.4 Å². The number of rotatable bonds is 6. The second-order valence-electron chi connectivity index (χ2n) is 10.3. The van der Waals surface area contributed by atoms with Gasteiger partial charge in [-0.1, -0.05) is 29.8 Å². The van der Waals surface area contributed by atoms with Crippen LogP contribution >= 0.6 is 11.6 Å². The Morgan fingerprint density at radius 2 is 1.63 bits per heavy atom. The summed E-state index contributed by atoms with van der Waals surface area (Å²) in [6.07, 6.45) is 4.31. The molecule has 2 aliphatic carbocycles. The number of anilines is 1. The summed E-state index contributed by atoms with van der Waals surface area (Å²) in [5, 5.41) is 3.23. The number of benzene rings is 2. The molecular weight excluding hydrogens is 500 g/mol. The number of hydrogen-bond acceptors (Lipinski definition) is 5. The van der Waals surface area contributed by atoms with Gasteiger partial charge in [-0.2, -0.15) is 0 Å². The van der Waals surface area contributed by atoms with Gasteiger partial charge in [0.25, 0.3) is 5.91 Å². The van der Waals surface area contributed by atoms with Crippen molar-refractivity contribution in [2.45, 2.75) is 65.2 Å². The minimum absolute atomic E-state index is 0.110. The lowest BCUT2D eigenvalue weighted by atomic mass is 9.71. The van der Waals surface area contributed by atoms with Crippen LogP contribution < -0.4 is 10.1 Å². The molecule has 0 radical (unpaired) electrons. The first kappa shape index (κ1) is 26.2. The Balaban J connectivity index is 1.42. The SMILES string of the molecule is CCN1C2=C(C(=O)CCC2)C(c2ccc(OCC(=O)Nc3cc(C)ccc3C)c(Cl)c2)C2=C1CCCC2=O. The number of carbonyl (C=O) groups excluding carboxylic acids is 3. The molecule has 38 heavy (non-hydrogen) atoms. The highest BCUT2D eigenvalue weighted by molar-refractivity contribution is 6.32. The molecule has 0 bridgehead atoms. The van der Waals surface area contributed by atoms with Crippen molar-refractivity contribution in [3.8, 4) is 5.75 Å². The molecule has 0 aromatic heterocycles. The van der Waals surface area contributed by atoms with Crippen molar-refractivity contribution >= 4 is 34.8 Å². The second-order valence-corrected chi connectivity index (χ2v) is 10.7. The average molecular weight is 533 g/mol. The van der Waals surface area contributed by atoms with E-state index in [4.69, 9.17) is 16.3 Å². The molecule has 3 aliphatic rings. The molecule has 5 rings (SSSR count). The Hall–Kier alpha value is -3.38. The maximum atomic E-state index is 13.3. The lowest BCUT2D eigenvalue weighted by Gasteiger charge is -2.43. The number of amides is 1. The number of halogens is 1. The topological polar surface area (TPSA) is 75.7 Å². The first-order valence-electron chi connectivity index (χ1n) is 13.4. The molecule has 1 heterocycles. The fourth-order valence-corrected chi connectivity index (χ4v) is 6.19. The quantitative estimate of drug-likeness (QED) is 0.465. The van der Waals surface area contributed by atoms with Crippen LogP contribution in [0, 0.1) is 13.8 Å². The Bertz CT molecular complexity index is 1350. The Labute approximate surface area is 228 Å². The molecule has 0 saturated heterocycles. The summed E-state index contributed by atoms with van der Waals surface area (Å²) in [6.45, 7) is 6.53. The summed E-state index contributed by atoms with van der Waals surface area (Å²) in [5.74, 6) is -0.0947. The molecule has 1 aliphatic heterocycles. The van der Waals surface area contributed by atoms with Crippen LogP contribution in [0.1, 0.15) is 68.1 Å². The summed E-state index contributed by atoms with van der Waals surface area (Å²) in [6, 6.07) is 11.3. The number of nitrogens with one attached hydrogen (secondary N) is 1. The molecule has 1 N–H and O–H groups in total. The molecule has 0 atom stereocenters. The van der Waals surface area contributed by atoms with E-state index in [9.17, 15) is 14.4 Å². The zero-order valence-electron chi connectivity index (χ0n) is 22.2. The van der Waals surface area contributed by atoms with Gasteiger partial charge in [-0.05, 0) is 81.3 Å². The summed E-state index contributed by atoms with van der Waals surface area (Å²) in [5.41, 5.74) is 7.18. The number of aryl methyl sites for hydroxylation is 2. The van der Waals surface area contributed by atoms with Gasteiger partial charge in [0, 0.05) is 53.5 Å². The minimum atomic E-state index is -0.414. The van der Waals surface area contributed by atoms with Crippen LogP contribution in [0.2, 0.25) is 5.02 Å². The highest BCUT2D eigenvalue weighted by Gasteiger charge is 2.42. The molecule has 0 fully saturated rings. The molecule has 0 saturated carbocycles. The van der Waals surface area contributed by atoms with Crippen molar-refractivity contribution < 1.29 is 19.1 Å². The molecule has 7 heteroatoms. The normalized spacial score (nSPS) is 17.9. The van der Waals surface area contributed by atoms with Crippen LogP contribution in [0.25, 0.3) is 0 Å². The predicted octanol–water partition coefficient (Wildman–Crippen LogP) is 6.41. The molecule has 2 aromatic carbocycles. The number of Topliss-reactive ketones (excluding diaryl/α,β-unsaturated/α-hetero) is 2. The van der Waals surface area contributed by atoms with Crippen LogP contribution in [0.4, 0.5) is 5.69 Å². The smallest absolute Gasteiger partial charge is 0.262 e. The zero-order chi connectivity index (χ0) is 27.0. The largest absolute Gasteiger partial charge is 0.482 e. The van der Waals surface area contributed by atoms with Crippen molar-refractivity contribution in [1.82, 2.24) is 4.90 Å². The first-order valence-corrected chi connectivity index (χ1v) is 13.8. The van der Waals surface area contributed by atoms with Gasteiger partial charge < -0.3 is 15.0 Å². The van der Waals surface area contributed by atoms with E-state index in [0.29, 0.717) is 23.6 Å². The number of hydrogen-bond donors (Lipinski definition) is 1. The maximum Gasteiger partial charge on any atom is 0.262 e. The van der Waals surface area contributed by atoms with Gasteiger partial charge in [0.05, 0.1) is 5.02 Å². The van der Waals surface area contributed by atoms with Crippen LogP contribution in [-0.2, 0) is 14.4 Å². The third-order valence-corrected chi connectivity index (χ3v) is 8.01. The molecular formula is C31H33ClN2O4. The van der Waals surface area contributed by atoms with Crippen LogP contribution in [0.5, 0.6) is 5.75 Å². The van der Waals surface area contributed by atoms with Gasteiger partial charge >= 0.3 is 0 Å². The van der Waals surface area contributed by atoms with Crippen molar-refractivity contribution in [1.29, 1.82) is 0 Å². The van der Waals surface area contributed by atoms with Gasteiger partial charge in [-0.25, -0.2) is 0 Å². The average Bonchev–Trinajstić information content (AvgIpc) is 2.89. The van der Waals surface area contributed by atoms with E-state index in [1.165, 1.54) is 0 Å². The highest BCUT2D eigenvalue weighted by Crippen LogP contribution is 2.49. The van der Waals surface area contributed by atoms with Gasteiger partial charge in [0.2, 0.25) is 0 Å². The molecule has 1 amide bonds. The van der Waals surface area contributed by atoms with E-state index in [2.05, 4.69) is 17.1 Å². The number of allylic oxidation sites excluding steroid dienone is 4. The van der Waals surface area contributed by atoms with Crippen molar-refractivity contribution in [2.75, 3.05) is 18.5 Å². The van der Waals surface area contributed by atoms with Crippen LogP contribution in [0.15, 0.2) is 58.9 Å².